The second kappa shape index (κ2) is 5.37. The number of aryl methyl sites for hydroxylation is 1. The molecule has 2 rings (SSSR count). The molecule has 0 heterocycles. The standard InChI is InChI=1S/C15H17FN2O2S/c1-9-7-8-13(17)15(10(9)2)21(19,20)18-14-6-4-5-12(16)11(14)3/h4-8,18H,17H2,1-3H3. The number of rotatable bonds is 3. The summed E-state index contributed by atoms with van der Waals surface area (Å²) in [7, 11) is -3.88. The van der Waals surface area contributed by atoms with E-state index in [0.717, 1.165) is 5.56 Å². The van der Waals surface area contributed by atoms with Crippen LogP contribution in [0.5, 0.6) is 0 Å². The van der Waals surface area contributed by atoms with Crippen LogP contribution in [0, 0.1) is 26.6 Å². The highest BCUT2D eigenvalue weighted by Gasteiger charge is 2.22. The molecule has 0 unspecified atom stereocenters. The zero-order valence-corrected chi connectivity index (χ0v) is 12.9. The number of halogens is 1. The summed E-state index contributed by atoms with van der Waals surface area (Å²) >= 11 is 0. The van der Waals surface area contributed by atoms with Crippen LogP contribution in [-0.2, 0) is 10.0 Å². The molecule has 0 amide bonds. The van der Waals surface area contributed by atoms with Crippen molar-refractivity contribution in [1.82, 2.24) is 0 Å². The van der Waals surface area contributed by atoms with Crippen LogP contribution < -0.4 is 10.5 Å². The summed E-state index contributed by atoms with van der Waals surface area (Å²) in [6.07, 6.45) is 0. The lowest BCUT2D eigenvalue weighted by atomic mass is 10.1. The predicted octanol–water partition coefficient (Wildman–Crippen LogP) is 3.13. The van der Waals surface area contributed by atoms with Gasteiger partial charge in [0.15, 0.2) is 0 Å². The SMILES string of the molecule is Cc1ccc(N)c(S(=O)(=O)Nc2cccc(F)c2C)c1C. The van der Waals surface area contributed by atoms with Crippen molar-refractivity contribution in [3.63, 3.8) is 0 Å². The van der Waals surface area contributed by atoms with E-state index in [0.29, 0.717) is 5.56 Å². The molecule has 3 N–H and O–H groups in total. The van der Waals surface area contributed by atoms with Gasteiger partial charge in [-0.15, -0.1) is 0 Å². The minimum absolute atomic E-state index is 0.0335. The van der Waals surface area contributed by atoms with E-state index in [9.17, 15) is 12.8 Å². The Morgan fingerprint density at radius 2 is 1.71 bits per heavy atom. The molecule has 0 atom stereocenters. The van der Waals surface area contributed by atoms with Gasteiger partial charge in [-0.3, -0.25) is 4.72 Å². The Hall–Kier alpha value is -2.08. The summed E-state index contributed by atoms with van der Waals surface area (Å²) in [5.74, 6) is -0.468. The van der Waals surface area contributed by atoms with Gasteiger partial charge in [-0.2, -0.15) is 0 Å². The van der Waals surface area contributed by atoms with Crippen molar-refractivity contribution in [3.05, 3.63) is 52.8 Å². The second-order valence-electron chi connectivity index (χ2n) is 4.94. The third-order valence-corrected chi connectivity index (χ3v) is 5.06. The van der Waals surface area contributed by atoms with Crippen molar-refractivity contribution in [2.24, 2.45) is 0 Å². The smallest absolute Gasteiger partial charge is 0.264 e. The van der Waals surface area contributed by atoms with Crippen molar-refractivity contribution >= 4 is 21.4 Å². The molecular weight excluding hydrogens is 291 g/mol. The molecular formula is C15H17FN2O2S. The zero-order chi connectivity index (χ0) is 15.8. The van der Waals surface area contributed by atoms with Crippen LogP contribution in [0.15, 0.2) is 35.2 Å². The summed E-state index contributed by atoms with van der Waals surface area (Å²) in [4.78, 5) is 0.0335. The number of sulfonamides is 1. The van der Waals surface area contributed by atoms with E-state index in [1.54, 1.807) is 26.0 Å². The highest BCUT2D eigenvalue weighted by atomic mass is 32.2. The van der Waals surface area contributed by atoms with E-state index in [-0.39, 0.29) is 21.8 Å². The molecule has 2 aromatic carbocycles. The number of nitrogen functional groups attached to an aromatic ring is 1. The maximum absolute atomic E-state index is 13.5. The molecule has 0 bridgehead atoms. The first-order chi connectivity index (χ1) is 9.74. The third kappa shape index (κ3) is 2.85. The number of anilines is 2. The number of hydrogen-bond donors (Lipinski definition) is 2. The number of benzene rings is 2. The highest BCUT2D eigenvalue weighted by molar-refractivity contribution is 7.93. The molecule has 0 fully saturated rings. The monoisotopic (exact) mass is 308 g/mol. The average Bonchev–Trinajstić information content (AvgIpc) is 2.39. The zero-order valence-electron chi connectivity index (χ0n) is 12.1. The third-order valence-electron chi connectivity index (χ3n) is 3.49. The van der Waals surface area contributed by atoms with E-state index < -0.39 is 15.8 Å². The van der Waals surface area contributed by atoms with Crippen LogP contribution >= 0.6 is 0 Å². The van der Waals surface area contributed by atoms with E-state index >= 15 is 0 Å². The molecule has 0 aliphatic carbocycles. The predicted molar refractivity (Wildman–Crippen MR) is 82.3 cm³/mol. The summed E-state index contributed by atoms with van der Waals surface area (Å²) < 4.78 is 41.0. The Kier molecular flexibility index (Phi) is 3.91. The first-order valence-corrected chi connectivity index (χ1v) is 7.86. The summed E-state index contributed by atoms with van der Waals surface area (Å²) in [5.41, 5.74) is 7.82. The molecule has 2 aromatic rings. The fourth-order valence-corrected chi connectivity index (χ4v) is 3.64. The van der Waals surface area contributed by atoms with Crippen LogP contribution in [0.3, 0.4) is 0 Å². The molecule has 4 nitrogen and oxygen atoms in total. The van der Waals surface area contributed by atoms with E-state index in [4.69, 9.17) is 5.73 Å². The first-order valence-electron chi connectivity index (χ1n) is 6.37. The Morgan fingerprint density at radius 1 is 1.05 bits per heavy atom. The molecule has 0 aromatic heterocycles. The summed E-state index contributed by atoms with van der Waals surface area (Å²) in [5, 5.41) is 0. The quantitative estimate of drug-likeness (QED) is 0.856. The van der Waals surface area contributed by atoms with Crippen LogP contribution in [-0.4, -0.2) is 8.42 Å². The molecule has 21 heavy (non-hydrogen) atoms. The van der Waals surface area contributed by atoms with Gasteiger partial charge in [-0.1, -0.05) is 12.1 Å². The first kappa shape index (κ1) is 15.3. The lowest BCUT2D eigenvalue weighted by Crippen LogP contribution is -2.17. The second-order valence-corrected chi connectivity index (χ2v) is 6.56. The normalized spacial score (nSPS) is 11.4. The van der Waals surface area contributed by atoms with Gasteiger partial charge in [-0.25, -0.2) is 12.8 Å². The number of nitrogens with one attached hydrogen (secondary N) is 1. The Balaban J connectivity index is 2.54. The van der Waals surface area contributed by atoms with Gasteiger partial charge in [0.2, 0.25) is 0 Å². The molecule has 0 aliphatic rings. The van der Waals surface area contributed by atoms with Gasteiger partial charge in [0.1, 0.15) is 10.7 Å². The van der Waals surface area contributed by atoms with Crippen molar-refractivity contribution in [2.45, 2.75) is 25.7 Å². The molecule has 0 aliphatic heterocycles. The summed E-state index contributed by atoms with van der Waals surface area (Å²) in [6.45, 7) is 5.01. The molecule has 0 saturated carbocycles. The van der Waals surface area contributed by atoms with Crippen LogP contribution in [0.2, 0.25) is 0 Å². The van der Waals surface area contributed by atoms with Gasteiger partial charge in [-0.05, 0) is 50.1 Å². The lowest BCUT2D eigenvalue weighted by molar-refractivity contribution is 0.600. The Labute approximate surface area is 123 Å². The van der Waals surface area contributed by atoms with Crippen LogP contribution in [0.25, 0.3) is 0 Å². The van der Waals surface area contributed by atoms with Crippen LogP contribution in [0.4, 0.5) is 15.8 Å². The largest absolute Gasteiger partial charge is 0.398 e. The van der Waals surface area contributed by atoms with Gasteiger partial charge < -0.3 is 5.73 Å². The highest BCUT2D eigenvalue weighted by Crippen LogP contribution is 2.28. The average molecular weight is 308 g/mol. The van der Waals surface area contributed by atoms with Crippen LogP contribution in [0.1, 0.15) is 16.7 Å². The minimum atomic E-state index is -3.88. The van der Waals surface area contributed by atoms with E-state index in [2.05, 4.69) is 4.72 Å². The molecule has 6 heteroatoms. The van der Waals surface area contributed by atoms with E-state index in [1.807, 2.05) is 0 Å². The molecule has 0 saturated heterocycles. The topological polar surface area (TPSA) is 72.2 Å². The van der Waals surface area contributed by atoms with Gasteiger partial charge >= 0.3 is 0 Å². The maximum Gasteiger partial charge on any atom is 0.264 e. The fraction of sp³-hybridized carbons (Fsp3) is 0.200. The van der Waals surface area contributed by atoms with Crippen molar-refractivity contribution in [3.8, 4) is 0 Å². The van der Waals surface area contributed by atoms with Crippen molar-refractivity contribution < 1.29 is 12.8 Å². The van der Waals surface area contributed by atoms with Gasteiger partial charge in [0.05, 0.1) is 11.4 Å². The molecule has 112 valence electrons. The maximum atomic E-state index is 13.5. The summed E-state index contributed by atoms with van der Waals surface area (Å²) in [6, 6.07) is 7.55. The van der Waals surface area contributed by atoms with Crippen molar-refractivity contribution in [2.75, 3.05) is 10.5 Å². The number of hydrogen-bond acceptors (Lipinski definition) is 3. The van der Waals surface area contributed by atoms with E-state index in [1.165, 1.54) is 25.1 Å². The lowest BCUT2D eigenvalue weighted by Gasteiger charge is -2.15. The van der Waals surface area contributed by atoms with Gasteiger partial charge in [0.25, 0.3) is 10.0 Å². The fourth-order valence-electron chi connectivity index (χ4n) is 2.08. The molecule has 0 radical (unpaired) electrons. The van der Waals surface area contributed by atoms with Gasteiger partial charge in [0, 0.05) is 5.56 Å². The Morgan fingerprint density at radius 3 is 2.38 bits per heavy atom. The number of nitrogens with two attached hydrogens (primary N) is 1. The molecule has 0 spiro atoms. The Bertz CT molecular complexity index is 802. The van der Waals surface area contributed by atoms with Crippen molar-refractivity contribution in [1.29, 1.82) is 0 Å². The minimum Gasteiger partial charge on any atom is -0.398 e.